The summed E-state index contributed by atoms with van der Waals surface area (Å²) in [5.41, 5.74) is 3.00. The van der Waals surface area contributed by atoms with Gasteiger partial charge in [0.1, 0.15) is 5.58 Å². The number of benzene rings is 3. The van der Waals surface area contributed by atoms with Crippen LogP contribution in [0, 0.1) is 13.8 Å². The third-order valence-corrected chi connectivity index (χ3v) is 5.36. The molecular formula is C28H24O6. The van der Waals surface area contributed by atoms with E-state index >= 15 is 0 Å². The van der Waals surface area contributed by atoms with Gasteiger partial charge in [0.15, 0.2) is 17.3 Å². The average molecular weight is 456 g/mol. The minimum Gasteiger partial charge on any atom is -0.493 e. The van der Waals surface area contributed by atoms with Crippen molar-refractivity contribution in [1.29, 1.82) is 0 Å². The Bertz CT molecular complexity index is 1450. The maximum Gasteiger partial charge on any atom is 0.336 e. The fraction of sp³-hybridized carbons (Fsp3) is 0.143. The van der Waals surface area contributed by atoms with Crippen LogP contribution in [0.5, 0.6) is 17.2 Å². The first-order valence-electron chi connectivity index (χ1n) is 10.7. The lowest BCUT2D eigenvalue weighted by Crippen LogP contribution is -2.15. The maximum absolute atomic E-state index is 13.5. The Morgan fingerprint density at radius 1 is 0.912 bits per heavy atom. The van der Waals surface area contributed by atoms with Crippen LogP contribution in [0.4, 0.5) is 0 Å². The van der Waals surface area contributed by atoms with Gasteiger partial charge in [-0.05, 0) is 60.9 Å². The first-order valence-corrected chi connectivity index (χ1v) is 10.7. The molecule has 0 saturated heterocycles. The smallest absolute Gasteiger partial charge is 0.336 e. The Morgan fingerprint density at radius 3 is 2.35 bits per heavy atom. The second kappa shape index (κ2) is 9.67. The largest absolute Gasteiger partial charge is 0.493 e. The van der Waals surface area contributed by atoms with E-state index in [4.69, 9.17) is 18.6 Å². The number of rotatable bonds is 6. The number of esters is 1. The lowest BCUT2D eigenvalue weighted by atomic mass is 10.0. The lowest BCUT2D eigenvalue weighted by molar-refractivity contribution is -0.129. The predicted octanol–water partition coefficient (Wildman–Crippen LogP) is 5.71. The van der Waals surface area contributed by atoms with Crippen LogP contribution in [0.1, 0.15) is 16.7 Å². The summed E-state index contributed by atoms with van der Waals surface area (Å²) in [7, 11) is 3.05. The minimum absolute atomic E-state index is 0.130. The number of aryl methyl sites for hydroxylation is 2. The molecule has 0 atom stereocenters. The van der Waals surface area contributed by atoms with Crippen LogP contribution in [0.2, 0.25) is 0 Å². The van der Waals surface area contributed by atoms with E-state index in [9.17, 15) is 9.59 Å². The third kappa shape index (κ3) is 4.57. The van der Waals surface area contributed by atoms with Gasteiger partial charge >= 0.3 is 5.97 Å². The quantitative estimate of drug-likeness (QED) is 0.273. The summed E-state index contributed by atoms with van der Waals surface area (Å²) in [6.07, 6.45) is 2.90. The molecule has 0 N–H and O–H groups in total. The fourth-order valence-electron chi connectivity index (χ4n) is 3.80. The van der Waals surface area contributed by atoms with Crippen molar-refractivity contribution in [2.75, 3.05) is 14.2 Å². The van der Waals surface area contributed by atoms with Crippen LogP contribution in [-0.2, 0) is 4.79 Å². The van der Waals surface area contributed by atoms with Crippen molar-refractivity contribution >= 4 is 23.0 Å². The van der Waals surface area contributed by atoms with Crippen molar-refractivity contribution in [3.8, 4) is 28.6 Å². The standard InChI is InChI=1S/C28H24O6/c1-17-14-18(2)25-23(15-17)33-27(20-11-12-21(31-3)22(16-20)32-4)28(26(25)30)34-24(29)13-10-19-8-6-5-7-9-19/h5-16H,1-4H3. The highest BCUT2D eigenvalue weighted by atomic mass is 16.5. The monoisotopic (exact) mass is 456 g/mol. The molecule has 1 aromatic heterocycles. The van der Waals surface area contributed by atoms with Crippen molar-refractivity contribution in [2.24, 2.45) is 0 Å². The normalized spacial score (nSPS) is 11.1. The van der Waals surface area contributed by atoms with E-state index in [1.165, 1.54) is 20.3 Å². The van der Waals surface area contributed by atoms with Crippen molar-refractivity contribution in [3.05, 3.63) is 93.7 Å². The zero-order chi connectivity index (χ0) is 24.2. The molecule has 0 fully saturated rings. The van der Waals surface area contributed by atoms with Crippen LogP contribution in [-0.4, -0.2) is 20.2 Å². The lowest BCUT2D eigenvalue weighted by Gasteiger charge is -2.13. The van der Waals surface area contributed by atoms with Crippen molar-refractivity contribution in [2.45, 2.75) is 13.8 Å². The van der Waals surface area contributed by atoms with Crippen molar-refractivity contribution in [1.82, 2.24) is 0 Å². The van der Waals surface area contributed by atoms with Crippen LogP contribution in [0.25, 0.3) is 28.4 Å². The van der Waals surface area contributed by atoms with Gasteiger partial charge in [-0.15, -0.1) is 0 Å². The van der Waals surface area contributed by atoms with Gasteiger partial charge in [-0.2, -0.15) is 0 Å². The summed E-state index contributed by atoms with van der Waals surface area (Å²) in [6.45, 7) is 3.74. The molecular weight excluding hydrogens is 432 g/mol. The van der Waals surface area contributed by atoms with Crippen LogP contribution in [0.15, 0.2) is 76.0 Å². The molecule has 1 heterocycles. The SMILES string of the molecule is COc1ccc(-c2oc3cc(C)cc(C)c3c(=O)c2OC(=O)C=Cc2ccccc2)cc1OC. The van der Waals surface area contributed by atoms with Gasteiger partial charge in [0, 0.05) is 11.6 Å². The summed E-state index contributed by atoms with van der Waals surface area (Å²) in [5, 5.41) is 0.365. The molecule has 0 radical (unpaired) electrons. The molecule has 0 amide bonds. The molecule has 0 aliphatic heterocycles. The summed E-state index contributed by atoms with van der Waals surface area (Å²) in [5.74, 6) is 0.219. The molecule has 0 spiro atoms. The third-order valence-electron chi connectivity index (χ3n) is 5.36. The van der Waals surface area contributed by atoms with E-state index < -0.39 is 11.4 Å². The molecule has 4 rings (SSSR count). The topological polar surface area (TPSA) is 75.0 Å². The predicted molar refractivity (Wildman–Crippen MR) is 132 cm³/mol. The maximum atomic E-state index is 13.5. The van der Waals surface area contributed by atoms with Gasteiger partial charge in [-0.1, -0.05) is 36.4 Å². The fourth-order valence-corrected chi connectivity index (χ4v) is 3.80. The van der Waals surface area contributed by atoms with Crippen molar-refractivity contribution < 1.29 is 23.4 Å². The summed E-state index contributed by atoms with van der Waals surface area (Å²) in [4.78, 5) is 26.2. The van der Waals surface area contributed by atoms with E-state index in [0.717, 1.165) is 16.7 Å². The van der Waals surface area contributed by atoms with Crippen LogP contribution >= 0.6 is 0 Å². The molecule has 0 unspecified atom stereocenters. The highest BCUT2D eigenvalue weighted by Crippen LogP contribution is 2.37. The zero-order valence-corrected chi connectivity index (χ0v) is 19.4. The first-order chi connectivity index (χ1) is 16.4. The molecule has 6 heteroatoms. The number of hydrogen-bond donors (Lipinski definition) is 0. The minimum atomic E-state index is -0.693. The highest BCUT2D eigenvalue weighted by Gasteiger charge is 2.22. The Kier molecular flexibility index (Phi) is 6.50. The van der Waals surface area contributed by atoms with Crippen LogP contribution in [0.3, 0.4) is 0 Å². The number of methoxy groups -OCH3 is 2. The molecule has 3 aromatic carbocycles. The Labute approximate surface area is 197 Å². The average Bonchev–Trinajstić information content (AvgIpc) is 2.84. The summed E-state index contributed by atoms with van der Waals surface area (Å²) < 4.78 is 22.4. The number of carbonyl (C=O) groups excluding carboxylic acids is 1. The molecule has 0 aliphatic rings. The summed E-state index contributed by atoms with van der Waals surface area (Å²) >= 11 is 0. The van der Waals surface area contributed by atoms with Gasteiger partial charge in [0.2, 0.25) is 11.2 Å². The van der Waals surface area contributed by atoms with Gasteiger partial charge in [-0.3, -0.25) is 4.79 Å². The molecule has 172 valence electrons. The number of ether oxygens (including phenoxy) is 3. The van der Waals surface area contributed by atoms with Gasteiger partial charge in [0.05, 0.1) is 19.6 Å². The van der Waals surface area contributed by atoms with E-state index in [0.29, 0.717) is 28.0 Å². The molecule has 4 aromatic rings. The molecule has 34 heavy (non-hydrogen) atoms. The molecule has 6 nitrogen and oxygen atoms in total. The van der Waals surface area contributed by atoms with Gasteiger partial charge in [-0.25, -0.2) is 4.79 Å². The number of carbonyl (C=O) groups is 1. The van der Waals surface area contributed by atoms with E-state index in [1.54, 1.807) is 30.3 Å². The zero-order valence-electron chi connectivity index (χ0n) is 19.4. The first kappa shape index (κ1) is 22.9. The number of hydrogen-bond acceptors (Lipinski definition) is 6. The van der Waals surface area contributed by atoms with Gasteiger partial charge < -0.3 is 18.6 Å². The van der Waals surface area contributed by atoms with Crippen LogP contribution < -0.4 is 19.6 Å². The second-order valence-corrected chi connectivity index (χ2v) is 7.78. The number of fused-ring (bicyclic) bond motifs is 1. The molecule has 0 aliphatic carbocycles. The molecule has 0 bridgehead atoms. The molecule has 0 saturated carbocycles. The van der Waals surface area contributed by atoms with E-state index in [-0.39, 0.29) is 11.5 Å². The Balaban J connectivity index is 1.87. The Morgan fingerprint density at radius 2 is 1.65 bits per heavy atom. The van der Waals surface area contributed by atoms with Crippen molar-refractivity contribution in [3.63, 3.8) is 0 Å². The Hall–Kier alpha value is -4.32. The van der Waals surface area contributed by atoms with Gasteiger partial charge in [0.25, 0.3) is 0 Å². The van der Waals surface area contributed by atoms with E-state index in [2.05, 4.69) is 0 Å². The van der Waals surface area contributed by atoms with E-state index in [1.807, 2.05) is 50.2 Å². The highest BCUT2D eigenvalue weighted by molar-refractivity contribution is 5.91. The second-order valence-electron chi connectivity index (χ2n) is 7.78. The summed E-state index contributed by atoms with van der Waals surface area (Å²) in [6, 6.07) is 18.1.